The zero-order valence-corrected chi connectivity index (χ0v) is 19.0. The third-order valence-electron chi connectivity index (χ3n) is 4.74. The average molecular weight is 447 g/mol. The Labute approximate surface area is 187 Å². The summed E-state index contributed by atoms with van der Waals surface area (Å²) in [4.78, 5) is 13.8. The summed E-state index contributed by atoms with van der Waals surface area (Å²) >= 11 is 11.6. The minimum Gasteiger partial charge on any atom is -0.495 e. The number of thiocarbonyl (C=S) groups is 1. The third-order valence-corrected chi connectivity index (χ3v) is 5.18. The molecule has 0 saturated heterocycles. The SMILES string of the molecule is COc1ccc(Cl)cc1NC(=S)NC(=NC1CCCCC1)Nc1nc(C)cc(C)n1. The van der Waals surface area contributed by atoms with E-state index < -0.39 is 0 Å². The number of aryl methyl sites for hydroxylation is 2. The number of nitrogens with zero attached hydrogens (tertiary/aromatic N) is 3. The Morgan fingerprint density at radius 3 is 2.47 bits per heavy atom. The van der Waals surface area contributed by atoms with Crippen molar-refractivity contribution >= 4 is 46.5 Å². The van der Waals surface area contributed by atoms with Crippen LogP contribution in [0.4, 0.5) is 11.6 Å². The molecule has 9 heteroatoms. The average Bonchev–Trinajstić information content (AvgIpc) is 2.68. The van der Waals surface area contributed by atoms with E-state index in [1.165, 1.54) is 19.3 Å². The van der Waals surface area contributed by atoms with Gasteiger partial charge in [-0.3, -0.25) is 5.32 Å². The van der Waals surface area contributed by atoms with Crippen molar-refractivity contribution in [2.75, 3.05) is 17.7 Å². The number of benzene rings is 1. The maximum Gasteiger partial charge on any atom is 0.229 e. The maximum atomic E-state index is 6.12. The summed E-state index contributed by atoms with van der Waals surface area (Å²) in [7, 11) is 1.60. The van der Waals surface area contributed by atoms with Gasteiger partial charge in [0.15, 0.2) is 5.11 Å². The van der Waals surface area contributed by atoms with E-state index in [1.54, 1.807) is 25.3 Å². The number of nitrogens with one attached hydrogen (secondary N) is 3. The van der Waals surface area contributed by atoms with Crippen LogP contribution in [0.3, 0.4) is 0 Å². The quantitative estimate of drug-likeness (QED) is 0.352. The minimum absolute atomic E-state index is 0.239. The van der Waals surface area contributed by atoms with Crippen LogP contribution < -0.4 is 20.7 Å². The molecule has 30 heavy (non-hydrogen) atoms. The number of rotatable bonds is 4. The van der Waals surface area contributed by atoms with Gasteiger partial charge in [0.05, 0.1) is 18.8 Å². The monoisotopic (exact) mass is 446 g/mol. The highest BCUT2D eigenvalue weighted by atomic mass is 35.5. The molecular weight excluding hydrogens is 420 g/mol. The van der Waals surface area contributed by atoms with Crippen molar-refractivity contribution < 1.29 is 4.74 Å². The second kappa shape index (κ2) is 10.5. The van der Waals surface area contributed by atoms with Crippen molar-refractivity contribution in [3.05, 3.63) is 40.7 Å². The van der Waals surface area contributed by atoms with Crippen molar-refractivity contribution in [2.45, 2.75) is 52.0 Å². The van der Waals surface area contributed by atoms with Gasteiger partial charge < -0.3 is 15.4 Å². The van der Waals surface area contributed by atoms with Crippen molar-refractivity contribution in [1.29, 1.82) is 0 Å². The van der Waals surface area contributed by atoms with Crippen molar-refractivity contribution in [3.63, 3.8) is 0 Å². The van der Waals surface area contributed by atoms with Crippen molar-refractivity contribution in [1.82, 2.24) is 15.3 Å². The normalized spacial score (nSPS) is 14.9. The molecule has 2 aromatic rings. The predicted molar refractivity (Wildman–Crippen MR) is 127 cm³/mol. The van der Waals surface area contributed by atoms with Crippen molar-refractivity contribution in [3.8, 4) is 5.75 Å². The molecule has 0 aliphatic heterocycles. The zero-order valence-electron chi connectivity index (χ0n) is 17.5. The predicted octanol–water partition coefficient (Wildman–Crippen LogP) is 4.84. The molecule has 1 aromatic carbocycles. The number of hydrogen-bond donors (Lipinski definition) is 3. The minimum atomic E-state index is 0.239. The summed E-state index contributed by atoms with van der Waals surface area (Å²) in [6.45, 7) is 3.87. The number of aromatic nitrogens is 2. The van der Waals surface area contributed by atoms with Gasteiger partial charge in [0, 0.05) is 16.4 Å². The summed E-state index contributed by atoms with van der Waals surface area (Å²) in [5.41, 5.74) is 2.43. The molecule has 3 N–H and O–H groups in total. The van der Waals surface area contributed by atoms with Gasteiger partial charge in [-0.1, -0.05) is 30.9 Å². The smallest absolute Gasteiger partial charge is 0.229 e. The van der Waals surface area contributed by atoms with Gasteiger partial charge >= 0.3 is 0 Å². The van der Waals surface area contributed by atoms with E-state index >= 15 is 0 Å². The first kappa shape index (κ1) is 22.2. The number of halogens is 1. The summed E-state index contributed by atoms with van der Waals surface area (Å²) in [6, 6.07) is 7.47. The fourth-order valence-electron chi connectivity index (χ4n) is 3.42. The number of anilines is 2. The highest BCUT2D eigenvalue weighted by Gasteiger charge is 2.15. The van der Waals surface area contributed by atoms with Crippen LogP contribution >= 0.6 is 23.8 Å². The van der Waals surface area contributed by atoms with Gasteiger partial charge in [0.2, 0.25) is 11.9 Å². The van der Waals surface area contributed by atoms with Crippen LogP contribution in [0.5, 0.6) is 5.75 Å². The first-order chi connectivity index (χ1) is 14.4. The Kier molecular flexibility index (Phi) is 7.81. The lowest BCUT2D eigenvalue weighted by Gasteiger charge is -2.21. The zero-order chi connectivity index (χ0) is 21.5. The van der Waals surface area contributed by atoms with E-state index in [2.05, 4.69) is 25.9 Å². The molecule has 1 fully saturated rings. The van der Waals surface area contributed by atoms with Crippen LogP contribution in [0.2, 0.25) is 5.02 Å². The highest BCUT2D eigenvalue weighted by Crippen LogP contribution is 2.27. The molecule has 160 valence electrons. The molecule has 1 aliphatic rings. The Hall–Kier alpha value is -2.45. The van der Waals surface area contributed by atoms with Gasteiger partial charge in [0.1, 0.15) is 5.75 Å². The molecule has 1 saturated carbocycles. The maximum absolute atomic E-state index is 6.12. The molecule has 0 atom stereocenters. The first-order valence-corrected chi connectivity index (χ1v) is 10.8. The Balaban J connectivity index is 1.78. The fourth-order valence-corrected chi connectivity index (χ4v) is 3.79. The van der Waals surface area contributed by atoms with Crippen LogP contribution in [0.25, 0.3) is 0 Å². The first-order valence-electron chi connectivity index (χ1n) is 10.0. The fraction of sp³-hybridized carbons (Fsp3) is 0.429. The van der Waals surface area contributed by atoms with E-state index in [1.807, 2.05) is 19.9 Å². The highest BCUT2D eigenvalue weighted by molar-refractivity contribution is 7.80. The molecule has 1 aromatic heterocycles. The van der Waals surface area contributed by atoms with Crippen molar-refractivity contribution in [2.24, 2.45) is 4.99 Å². The molecule has 0 bridgehead atoms. The number of ether oxygens (including phenoxy) is 1. The van der Waals surface area contributed by atoms with Gasteiger partial charge in [-0.2, -0.15) is 0 Å². The van der Waals surface area contributed by atoms with E-state index in [9.17, 15) is 0 Å². The Morgan fingerprint density at radius 2 is 1.80 bits per heavy atom. The largest absolute Gasteiger partial charge is 0.495 e. The molecule has 3 rings (SSSR count). The van der Waals surface area contributed by atoms with Gasteiger partial charge in [0.25, 0.3) is 0 Å². The summed E-state index contributed by atoms with van der Waals surface area (Å²) in [5.74, 6) is 1.64. The number of aliphatic imine (C=N–C) groups is 1. The lowest BCUT2D eigenvalue weighted by Crippen LogP contribution is -2.40. The second-order valence-electron chi connectivity index (χ2n) is 7.29. The van der Waals surface area contributed by atoms with Gasteiger partial charge in [-0.25, -0.2) is 15.0 Å². The van der Waals surface area contributed by atoms with Crippen LogP contribution in [0.15, 0.2) is 29.3 Å². The number of hydrogen-bond acceptors (Lipinski definition) is 5. The molecule has 0 spiro atoms. The van der Waals surface area contributed by atoms with Gasteiger partial charge in [-0.05, 0) is 63.2 Å². The molecule has 1 heterocycles. The molecule has 0 unspecified atom stereocenters. The standard InChI is InChI=1S/C21H27ClN6OS/c1-13-11-14(2)24-19(23-13)27-20(25-16-7-5-4-6-8-16)28-21(30)26-17-12-15(22)9-10-18(17)29-3/h9-12,16H,4-8H2,1-3H3,(H3,23,24,25,26,27,28,30). The lowest BCUT2D eigenvalue weighted by atomic mass is 9.96. The molecular formula is C21H27ClN6OS. The Morgan fingerprint density at radius 1 is 1.10 bits per heavy atom. The van der Waals surface area contributed by atoms with E-state index in [0.29, 0.717) is 33.5 Å². The van der Waals surface area contributed by atoms with Crippen LogP contribution in [-0.2, 0) is 0 Å². The summed E-state index contributed by atoms with van der Waals surface area (Å²) in [5, 5.41) is 10.4. The molecule has 0 amide bonds. The molecule has 0 radical (unpaired) electrons. The Bertz CT molecular complexity index is 909. The second-order valence-corrected chi connectivity index (χ2v) is 8.14. The summed E-state index contributed by atoms with van der Waals surface area (Å²) in [6.07, 6.45) is 5.75. The van der Waals surface area contributed by atoms with Gasteiger partial charge in [-0.15, -0.1) is 0 Å². The third kappa shape index (κ3) is 6.53. The molecule has 7 nitrogen and oxygen atoms in total. The van der Waals surface area contributed by atoms with Crippen LogP contribution in [-0.4, -0.2) is 34.2 Å². The summed E-state index contributed by atoms with van der Waals surface area (Å²) < 4.78 is 5.38. The number of guanidine groups is 1. The topological polar surface area (TPSA) is 83.5 Å². The van der Waals surface area contributed by atoms with E-state index in [0.717, 1.165) is 24.2 Å². The van der Waals surface area contributed by atoms with Crippen LogP contribution in [0, 0.1) is 13.8 Å². The van der Waals surface area contributed by atoms with E-state index in [-0.39, 0.29) is 6.04 Å². The van der Waals surface area contributed by atoms with E-state index in [4.69, 9.17) is 33.5 Å². The van der Waals surface area contributed by atoms with Crippen LogP contribution in [0.1, 0.15) is 43.5 Å². The lowest BCUT2D eigenvalue weighted by molar-refractivity contribution is 0.417. The molecule has 1 aliphatic carbocycles. The number of methoxy groups -OCH3 is 1.